The van der Waals surface area contributed by atoms with Crippen LogP contribution in [0.3, 0.4) is 0 Å². The van der Waals surface area contributed by atoms with Crippen LogP contribution in [0.5, 0.6) is 0 Å². The number of H-pyrrole nitrogens is 1. The van der Waals surface area contributed by atoms with Gasteiger partial charge in [-0.15, -0.1) is 0 Å². The quantitative estimate of drug-likeness (QED) is 0.746. The second-order valence-electron chi connectivity index (χ2n) is 5.20. The Labute approximate surface area is 147 Å². The van der Waals surface area contributed by atoms with Crippen molar-refractivity contribution in [3.8, 4) is 17.3 Å². The maximum Gasteiger partial charge on any atom is 0.276 e. The molecule has 2 aromatic carbocycles. The van der Waals surface area contributed by atoms with E-state index in [0.717, 1.165) is 10.0 Å². The summed E-state index contributed by atoms with van der Waals surface area (Å²) >= 11 is 3.39. The van der Waals surface area contributed by atoms with Gasteiger partial charge in [-0.05, 0) is 36.4 Å². The summed E-state index contributed by atoms with van der Waals surface area (Å²) in [5.41, 5.74) is 3.16. The van der Waals surface area contributed by atoms with Crippen LogP contribution in [0.1, 0.15) is 16.1 Å². The summed E-state index contributed by atoms with van der Waals surface area (Å²) in [7, 11) is 1.67. The first-order valence-corrected chi connectivity index (χ1v) is 7.97. The number of anilines is 1. The zero-order chi connectivity index (χ0) is 17.1. The third-order valence-corrected chi connectivity index (χ3v) is 4.14. The maximum absolute atomic E-state index is 12.6. The number of nitrogens with zero attached hydrogens (tertiary/aromatic N) is 3. The largest absolute Gasteiger partial charge is 0.310 e. The molecule has 0 aliphatic heterocycles. The van der Waals surface area contributed by atoms with Crippen LogP contribution in [0.4, 0.5) is 5.69 Å². The molecule has 1 heterocycles. The van der Waals surface area contributed by atoms with Gasteiger partial charge in [0, 0.05) is 22.8 Å². The topological polar surface area (TPSA) is 72.8 Å². The van der Waals surface area contributed by atoms with Gasteiger partial charge < -0.3 is 4.90 Å². The van der Waals surface area contributed by atoms with Crippen LogP contribution in [0.2, 0.25) is 0 Å². The normalized spacial score (nSPS) is 10.2. The summed E-state index contributed by atoms with van der Waals surface area (Å²) in [5, 5.41) is 16.0. The van der Waals surface area contributed by atoms with Gasteiger partial charge in [0.05, 0.1) is 17.3 Å². The van der Waals surface area contributed by atoms with Crippen LogP contribution in [0.25, 0.3) is 11.3 Å². The third-order valence-electron chi connectivity index (χ3n) is 3.62. The SMILES string of the molecule is CN(C(=O)c1cc(-c2ccc(Br)cc2)n[nH]1)c1cccc(C#N)c1. The number of hydrogen-bond donors (Lipinski definition) is 1. The van der Waals surface area contributed by atoms with Crippen LogP contribution in [-0.4, -0.2) is 23.2 Å². The standard InChI is InChI=1S/C18H13BrN4O/c1-23(15-4-2-3-12(9-15)11-20)18(24)17-10-16(21-22-17)13-5-7-14(19)8-6-13/h2-10H,1H3,(H,21,22). The summed E-state index contributed by atoms with van der Waals surface area (Å²) in [6.07, 6.45) is 0. The number of aromatic amines is 1. The van der Waals surface area contributed by atoms with Gasteiger partial charge in [-0.2, -0.15) is 10.4 Å². The highest BCUT2D eigenvalue weighted by Crippen LogP contribution is 2.22. The lowest BCUT2D eigenvalue weighted by Crippen LogP contribution is -2.26. The number of amides is 1. The molecule has 6 heteroatoms. The third kappa shape index (κ3) is 3.21. The molecule has 0 saturated heterocycles. The molecule has 5 nitrogen and oxygen atoms in total. The first kappa shape index (κ1) is 16.0. The predicted octanol–water partition coefficient (Wildman–Crippen LogP) is 3.99. The van der Waals surface area contributed by atoms with E-state index >= 15 is 0 Å². The zero-order valence-electron chi connectivity index (χ0n) is 12.8. The fourth-order valence-electron chi connectivity index (χ4n) is 2.28. The van der Waals surface area contributed by atoms with Crippen LogP contribution >= 0.6 is 15.9 Å². The average Bonchev–Trinajstić information content (AvgIpc) is 3.11. The number of rotatable bonds is 3. The average molecular weight is 381 g/mol. The molecule has 0 radical (unpaired) electrons. The van der Waals surface area contributed by atoms with Crippen molar-refractivity contribution in [1.82, 2.24) is 10.2 Å². The molecule has 0 atom stereocenters. The number of nitriles is 1. The highest BCUT2D eigenvalue weighted by molar-refractivity contribution is 9.10. The fourth-order valence-corrected chi connectivity index (χ4v) is 2.55. The van der Waals surface area contributed by atoms with Crippen molar-refractivity contribution in [2.75, 3.05) is 11.9 Å². The van der Waals surface area contributed by atoms with Crippen molar-refractivity contribution in [3.63, 3.8) is 0 Å². The minimum atomic E-state index is -0.221. The molecule has 0 saturated carbocycles. The Bertz CT molecular complexity index is 925. The second kappa shape index (κ2) is 6.69. The molecule has 3 rings (SSSR count). The summed E-state index contributed by atoms with van der Waals surface area (Å²) in [4.78, 5) is 14.1. The highest BCUT2D eigenvalue weighted by Gasteiger charge is 2.17. The molecule has 1 amide bonds. The number of nitrogens with one attached hydrogen (secondary N) is 1. The fraction of sp³-hybridized carbons (Fsp3) is 0.0556. The van der Waals surface area contributed by atoms with Crippen molar-refractivity contribution in [2.45, 2.75) is 0 Å². The summed E-state index contributed by atoms with van der Waals surface area (Å²) < 4.78 is 0.982. The highest BCUT2D eigenvalue weighted by atomic mass is 79.9. The van der Waals surface area contributed by atoms with Gasteiger partial charge in [0.25, 0.3) is 5.91 Å². The van der Waals surface area contributed by atoms with Crippen molar-refractivity contribution in [1.29, 1.82) is 5.26 Å². The summed E-state index contributed by atoms with van der Waals surface area (Å²) in [6.45, 7) is 0. The van der Waals surface area contributed by atoms with E-state index in [2.05, 4.69) is 32.2 Å². The molecular formula is C18H13BrN4O. The van der Waals surface area contributed by atoms with Gasteiger partial charge in [-0.3, -0.25) is 9.89 Å². The van der Waals surface area contributed by atoms with Gasteiger partial charge in [0.1, 0.15) is 5.69 Å². The van der Waals surface area contributed by atoms with Crippen molar-refractivity contribution >= 4 is 27.5 Å². The monoisotopic (exact) mass is 380 g/mol. The summed E-state index contributed by atoms with van der Waals surface area (Å²) in [6, 6.07) is 18.4. The van der Waals surface area contributed by atoms with Crippen molar-refractivity contribution in [2.24, 2.45) is 0 Å². The minimum absolute atomic E-state index is 0.221. The predicted molar refractivity (Wildman–Crippen MR) is 95.6 cm³/mol. The van der Waals surface area contributed by atoms with Crippen LogP contribution in [0.15, 0.2) is 59.1 Å². The van der Waals surface area contributed by atoms with Crippen molar-refractivity contribution in [3.05, 3.63) is 70.3 Å². The van der Waals surface area contributed by atoms with Gasteiger partial charge in [0.15, 0.2) is 0 Å². The Morgan fingerprint density at radius 3 is 2.67 bits per heavy atom. The van der Waals surface area contributed by atoms with Crippen LogP contribution in [0, 0.1) is 11.3 Å². The molecule has 1 N–H and O–H groups in total. The van der Waals surface area contributed by atoms with E-state index in [4.69, 9.17) is 5.26 Å². The Morgan fingerprint density at radius 2 is 1.96 bits per heavy atom. The van der Waals surface area contributed by atoms with Crippen LogP contribution < -0.4 is 4.90 Å². The zero-order valence-corrected chi connectivity index (χ0v) is 14.4. The lowest BCUT2D eigenvalue weighted by Gasteiger charge is -2.16. The number of carbonyl (C=O) groups is 1. The van der Waals surface area contributed by atoms with E-state index in [1.807, 2.05) is 24.3 Å². The van der Waals surface area contributed by atoms with Gasteiger partial charge in [0.2, 0.25) is 0 Å². The molecule has 1 aromatic heterocycles. The van der Waals surface area contributed by atoms with Crippen LogP contribution in [-0.2, 0) is 0 Å². The lowest BCUT2D eigenvalue weighted by molar-refractivity contribution is 0.0988. The van der Waals surface area contributed by atoms with E-state index in [9.17, 15) is 4.79 Å². The lowest BCUT2D eigenvalue weighted by atomic mass is 10.1. The van der Waals surface area contributed by atoms with Gasteiger partial charge in [-0.25, -0.2) is 0 Å². The molecule has 0 bridgehead atoms. The maximum atomic E-state index is 12.6. The second-order valence-corrected chi connectivity index (χ2v) is 6.12. The van der Waals surface area contributed by atoms with E-state index < -0.39 is 0 Å². The Hall–Kier alpha value is -2.91. The Balaban J connectivity index is 1.85. The van der Waals surface area contributed by atoms with Crippen molar-refractivity contribution < 1.29 is 4.79 Å². The number of benzene rings is 2. The van der Waals surface area contributed by atoms with E-state index in [0.29, 0.717) is 22.6 Å². The smallest absolute Gasteiger partial charge is 0.276 e. The first-order chi connectivity index (χ1) is 11.6. The number of carbonyl (C=O) groups excluding carboxylic acids is 1. The molecule has 0 unspecified atom stereocenters. The first-order valence-electron chi connectivity index (χ1n) is 7.18. The minimum Gasteiger partial charge on any atom is -0.310 e. The van der Waals surface area contributed by atoms with E-state index in [1.165, 1.54) is 4.90 Å². The molecule has 0 aliphatic carbocycles. The van der Waals surface area contributed by atoms with E-state index in [1.54, 1.807) is 37.4 Å². The molecule has 24 heavy (non-hydrogen) atoms. The molecule has 118 valence electrons. The van der Waals surface area contributed by atoms with E-state index in [-0.39, 0.29) is 5.91 Å². The Morgan fingerprint density at radius 1 is 1.21 bits per heavy atom. The number of aromatic nitrogens is 2. The molecular weight excluding hydrogens is 368 g/mol. The van der Waals surface area contributed by atoms with Gasteiger partial charge >= 0.3 is 0 Å². The Kier molecular flexibility index (Phi) is 4.45. The molecule has 0 fully saturated rings. The number of hydrogen-bond acceptors (Lipinski definition) is 3. The molecule has 3 aromatic rings. The summed E-state index contributed by atoms with van der Waals surface area (Å²) in [5.74, 6) is -0.221. The van der Waals surface area contributed by atoms with Gasteiger partial charge in [-0.1, -0.05) is 34.1 Å². The number of halogens is 1. The molecule has 0 spiro atoms. The molecule has 0 aliphatic rings.